The van der Waals surface area contributed by atoms with Gasteiger partial charge in [0.1, 0.15) is 17.4 Å². The van der Waals surface area contributed by atoms with Crippen LogP contribution in [-0.2, 0) is 24.2 Å². The average molecular weight is 398 g/mol. The Morgan fingerprint density at radius 2 is 2.00 bits per heavy atom. The molecule has 0 radical (unpaired) electrons. The molecule has 7 nitrogen and oxygen atoms in total. The van der Waals surface area contributed by atoms with Crippen molar-refractivity contribution in [2.45, 2.75) is 33.2 Å². The zero-order chi connectivity index (χ0) is 20.6. The monoisotopic (exact) mass is 397 g/mol. The number of rotatable bonds is 8. The number of carbonyl (C=O) groups excluding carboxylic acids is 1. The van der Waals surface area contributed by atoms with Crippen LogP contribution in [-0.4, -0.2) is 58.9 Å². The second-order valence-corrected chi connectivity index (χ2v) is 7.61. The summed E-state index contributed by atoms with van der Waals surface area (Å²) in [5.74, 6) is 2.95. The highest BCUT2D eigenvalue weighted by molar-refractivity contribution is 5.77. The van der Waals surface area contributed by atoms with Crippen LogP contribution in [0.15, 0.2) is 30.3 Å². The van der Waals surface area contributed by atoms with Crippen LogP contribution in [0.2, 0.25) is 0 Å². The van der Waals surface area contributed by atoms with E-state index in [9.17, 15) is 4.79 Å². The lowest BCUT2D eigenvalue weighted by atomic mass is 10.2. The summed E-state index contributed by atoms with van der Waals surface area (Å²) >= 11 is 0. The summed E-state index contributed by atoms with van der Waals surface area (Å²) in [5, 5.41) is 11.7. The third-order valence-electron chi connectivity index (χ3n) is 5.16. The van der Waals surface area contributed by atoms with Crippen molar-refractivity contribution < 1.29 is 9.53 Å². The van der Waals surface area contributed by atoms with Crippen LogP contribution in [0.1, 0.15) is 31.1 Å². The normalized spacial score (nSPS) is 14.8. The first-order valence-electron chi connectivity index (χ1n) is 10.3. The minimum absolute atomic E-state index is 0.00467. The molecule has 1 aliphatic heterocycles. The van der Waals surface area contributed by atoms with E-state index in [1.54, 1.807) is 7.11 Å². The van der Waals surface area contributed by atoms with Crippen LogP contribution in [0.3, 0.4) is 0 Å². The molecule has 0 fully saturated rings. The second kappa shape index (κ2) is 10.2. The molecule has 0 atom stereocenters. The number of fused-ring (bicyclic) bond motifs is 1. The molecule has 1 aromatic heterocycles. The fraction of sp³-hybridized carbons (Fsp3) is 0.500. The number of amides is 1. The predicted molar refractivity (Wildman–Crippen MR) is 114 cm³/mol. The topological polar surface area (TPSA) is 72.3 Å². The van der Waals surface area contributed by atoms with E-state index in [2.05, 4.69) is 49.3 Å². The van der Waals surface area contributed by atoms with Gasteiger partial charge in [0.2, 0.25) is 5.91 Å². The lowest BCUT2D eigenvalue weighted by Gasteiger charge is -2.17. The summed E-state index contributed by atoms with van der Waals surface area (Å²) in [5.41, 5.74) is 1.17. The smallest absolute Gasteiger partial charge is 0.222 e. The van der Waals surface area contributed by atoms with E-state index >= 15 is 0 Å². The van der Waals surface area contributed by atoms with Crippen molar-refractivity contribution in [2.24, 2.45) is 5.92 Å². The molecule has 3 rings (SSSR count). The Bertz CT molecular complexity index is 826. The maximum Gasteiger partial charge on any atom is 0.222 e. The summed E-state index contributed by atoms with van der Waals surface area (Å²) in [6, 6.07) is 8.07. The van der Waals surface area contributed by atoms with Gasteiger partial charge in [0.15, 0.2) is 0 Å². The lowest BCUT2D eigenvalue weighted by Crippen LogP contribution is -2.30. The quantitative estimate of drug-likeness (QED) is 0.739. The van der Waals surface area contributed by atoms with Crippen LogP contribution < -0.4 is 10.1 Å². The number of nitrogens with one attached hydrogen (secondary N) is 1. The summed E-state index contributed by atoms with van der Waals surface area (Å²) in [6.07, 6.45) is 5.95. The van der Waals surface area contributed by atoms with E-state index in [0.717, 1.165) is 50.0 Å². The van der Waals surface area contributed by atoms with Crippen LogP contribution in [0.4, 0.5) is 0 Å². The first-order chi connectivity index (χ1) is 14.1. The highest BCUT2D eigenvalue weighted by Crippen LogP contribution is 2.13. The van der Waals surface area contributed by atoms with Crippen LogP contribution in [0.5, 0.6) is 5.75 Å². The third-order valence-corrected chi connectivity index (χ3v) is 5.16. The molecule has 2 aromatic rings. The molecule has 0 aliphatic carbocycles. The highest BCUT2D eigenvalue weighted by atomic mass is 16.5. The van der Waals surface area contributed by atoms with E-state index in [4.69, 9.17) is 4.74 Å². The van der Waals surface area contributed by atoms with Crippen molar-refractivity contribution in [3.63, 3.8) is 0 Å². The molecular weight excluding hydrogens is 366 g/mol. The number of benzene rings is 1. The molecule has 0 saturated heterocycles. The Hall–Kier alpha value is -2.67. The maximum absolute atomic E-state index is 11.7. The molecule has 29 heavy (non-hydrogen) atoms. The van der Waals surface area contributed by atoms with Crippen molar-refractivity contribution in [3.05, 3.63) is 47.6 Å². The summed E-state index contributed by atoms with van der Waals surface area (Å²) in [6.45, 7) is 8.12. The van der Waals surface area contributed by atoms with Crippen LogP contribution in [0, 0.1) is 5.92 Å². The van der Waals surface area contributed by atoms with Gasteiger partial charge >= 0.3 is 0 Å². The zero-order valence-electron chi connectivity index (χ0n) is 17.6. The van der Waals surface area contributed by atoms with E-state index < -0.39 is 0 Å². The molecule has 7 heteroatoms. The lowest BCUT2D eigenvalue weighted by molar-refractivity contribution is -0.123. The van der Waals surface area contributed by atoms with Gasteiger partial charge in [0, 0.05) is 51.5 Å². The van der Waals surface area contributed by atoms with E-state index in [1.165, 1.54) is 5.56 Å². The molecular formula is C22H31N5O2. The van der Waals surface area contributed by atoms with Gasteiger partial charge < -0.3 is 14.6 Å². The maximum atomic E-state index is 11.7. The average Bonchev–Trinajstić information content (AvgIpc) is 2.99. The Morgan fingerprint density at radius 3 is 2.72 bits per heavy atom. The standard InChI is InChI=1S/C22H31N5O2/c1-17(2)22(28)23-12-10-20-24-25-21-11-14-26(15-16-27(20)21)13-4-5-18-6-8-19(29-3)9-7-18/h4-9,17H,10-16H2,1-3H3,(H,23,28). The number of ether oxygens (including phenoxy) is 1. The van der Waals surface area contributed by atoms with Crippen molar-refractivity contribution >= 4 is 12.0 Å². The van der Waals surface area contributed by atoms with Gasteiger partial charge in [-0.3, -0.25) is 9.69 Å². The molecule has 0 spiro atoms. The predicted octanol–water partition coefficient (Wildman–Crippen LogP) is 2.17. The van der Waals surface area contributed by atoms with Crippen LogP contribution in [0.25, 0.3) is 6.08 Å². The zero-order valence-corrected chi connectivity index (χ0v) is 17.6. The molecule has 156 valence electrons. The molecule has 0 bridgehead atoms. The Labute approximate surface area is 172 Å². The number of hydrogen-bond acceptors (Lipinski definition) is 5. The number of nitrogens with zero attached hydrogens (tertiary/aromatic N) is 4. The highest BCUT2D eigenvalue weighted by Gasteiger charge is 2.18. The van der Waals surface area contributed by atoms with Crippen molar-refractivity contribution in [1.82, 2.24) is 25.0 Å². The van der Waals surface area contributed by atoms with Gasteiger partial charge in [-0.2, -0.15) is 0 Å². The van der Waals surface area contributed by atoms with Crippen LogP contribution >= 0.6 is 0 Å². The number of aromatic nitrogens is 3. The van der Waals surface area contributed by atoms with E-state index in [1.807, 2.05) is 26.0 Å². The minimum atomic E-state index is 0.00467. The molecule has 0 unspecified atom stereocenters. The summed E-state index contributed by atoms with van der Waals surface area (Å²) < 4.78 is 7.41. The van der Waals surface area contributed by atoms with Crippen molar-refractivity contribution in [2.75, 3.05) is 33.3 Å². The number of methoxy groups -OCH3 is 1. The first kappa shape index (κ1) is 21.0. The summed E-state index contributed by atoms with van der Waals surface area (Å²) in [4.78, 5) is 14.1. The third kappa shape index (κ3) is 5.90. The number of carbonyl (C=O) groups is 1. The first-order valence-corrected chi connectivity index (χ1v) is 10.3. The minimum Gasteiger partial charge on any atom is -0.497 e. The van der Waals surface area contributed by atoms with Gasteiger partial charge in [-0.25, -0.2) is 0 Å². The summed E-state index contributed by atoms with van der Waals surface area (Å²) in [7, 11) is 1.68. The Balaban J connectivity index is 1.49. The van der Waals surface area contributed by atoms with Gasteiger partial charge in [0.05, 0.1) is 7.11 Å². The van der Waals surface area contributed by atoms with Crippen molar-refractivity contribution in [1.29, 1.82) is 0 Å². The number of hydrogen-bond donors (Lipinski definition) is 1. The van der Waals surface area contributed by atoms with Gasteiger partial charge in [0.25, 0.3) is 0 Å². The second-order valence-electron chi connectivity index (χ2n) is 7.61. The molecule has 1 aromatic carbocycles. The fourth-order valence-corrected chi connectivity index (χ4v) is 3.35. The fourth-order valence-electron chi connectivity index (χ4n) is 3.35. The van der Waals surface area contributed by atoms with E-state index in [-0.39, 0.29) is 11.8 Å². The molecule has 2 heterocycles. The molecule has 0 saturated carbocycles. The van der Waals surface area contributed by atoms with Gasteiger partial charge in [-0.1, -0.05) is 38.1 Å². The SMILES string of the molecule is COc1ccc(C=CCN2CCc3nnc(CCNC(=O)C(C)C)n3CC2)cc1. The van der Waals surface area contributed by atoms with Gasteiger partial charge in [-0.05, 0) is 17.7 Å². The van der Waals surface area contributed by atoms with Crippen molar-refractivity contribution in [3.8, 4) is 5.75 Å². The van der Waals surface area contributed by atoms with E-state index in [0.29, 0.717) is 13.0 Å². The Morgan fingerprint density at radius 1 is 1.21 bits per heavy atom. The largest absolute Gasteiger partial charge is 0.497 e. The van der Waals surface area contributed by atoms with Gasteiger partial charge in [-0.15, -0.1) is 10.2 Å². The molecule has 1 amide bonds. The Kier molecular flexibility index (Phi) is 7.41. The molecule has 1 N–H and O–H groups in total. The molecule has 1 aliphatic rings.